The van der Waals surface area contributed by atoms with Gasteiger partial charge in [0.2, 0.25) is 0 Å². The van der Waals surface area contributed by atoms with Crippen molar-refractivity contribution in [3.05, 3.63) is 160 Å². The van der Waals surface area contributed by atoms with Crippen LogP contribution in [0.2, 0.25) is 0 Å². The molecule has 0 aromatic heterocycles. The highest BCUT2D eigenvalue weighted by atomic mass is 14.2. The van der Waals surface area contributed by atoms with E-state index in [1.54, 1.807) is 0 Å². The molecule has 35 heavy (non-hydrogen) atoms. The number of hydrogen-bond acceptors (Lipinski definition) is 0. The molecule has 4 rings (SSSR count). The largest absolute Gasteiger partial charge is 0.0622 e. The molecule has 0 aliphatic heterocycles. The van der Waals surface area contributed by atoms with Gasteiger partial charge in [-0.3, -0.25) is 0 Å². The van der Waals surface area contributed by atoms with Crippen molar-refractivity contribution in [3.8, 4) is 0 Å². The van der Waals surface area contributed by atoms with Crippen LogP contribution in [0.1, 0.15) is 72.9 Å². The summed E-state index contributed by atoms with van der Waals surface area (Å²) in [4.78, 5) is 0. The average Bonchev–Trinajstić information content (AvgIpc) is 2.90. The lowest BCUT2D eigenvalue weighted by Gasteiger charge is -2.14. The second-order valence-electron chi connectivity index (χ2n) is 9.34. The minimum Gasteiger partial charge on any atom is -0.0622 e. The van der Waals surface area contributed by atoms with Crippen LogP contribution in [0.3, 0.4) is 0 Å². The van der Waals surface area contributed by atoms with Crippen LogP contribution in [-0.2, 0) is 0 Å². The molecule has 0 saturated carbocycles. The minimum atomic E-state index is 0.407. The van der Waals surface area contributed by atoms with Crippen molar-refractivity contribution in [2.75, 3.05) is 0 Å². The van der Waals surface area contributed by atoms with Crippen molar-refractivity contribution in [2.45, 2.75) is 39.5 Å². The van der Waals surface area contributed by atoms with Gasteiger partial charge >= 0.3 is 0 Å². The summed E-state index contributed by atoms with van der Waals surface area (Å²) >= 11 is 0. The highest BCUT2D eigenvalue weighted by Crippen LogP contribution is 2.31. The monoisotopic (exact) mass is 452 g/mol. The van der Waals surface area contributed by atoms with E-state index in [4.69, 9.17) is 0 Å². The van der Waals surface area contributed by atoms with Crippen LogP contribution in [0.25, 0.3) is 11.1 Å². The van der Waals surface area contributed by atoms with Gasteiger partial charge in [-0.1, -0.05) is 148 Å². The molecule has 4 aromatic rings. The SMILES string of the molecule is CC(C)c1ccccc1C(=C=C=C=C(c1ccccc1)c1ccccc1C(C)C)c1ccccc1. The fourth-order valence-corrected chi connectivity index (χ4v) is 4.41. The molecule has 0 spiro atoms. The third kappa shape index (κ3) is 5.73. The topological polar surface area (TPSA) is 0 Å². The quantitative estimate of drug-likeness (QED) is 0.256. The van der Waals surface area contributed by atoms with E-state index in [0.29, 0.717) is 11.8 Å². The summed E-state index contributed by atoms with van der Waals surface area (Å²) in [6, 6.07) is 38.1. The molecule has 0 atom stereocenters. The molecular weight excluding hydrogens is 420 g/mol. The van der Waals surface area contributed by atoms with E-state index < -0.39 is 0 Å². The maximum atomic E-state index is 3.50. The van der Waals surface area contributed by atoms with Crippen molar-refractivity contribution in [2.24, 2.45) is 0 Å². The van der Waals surface area contributed by atoms with Crippen molar-refractivity contribution in [1.29, 1.82) is 0 Å². The Labute approximate surface area is 210 Å². The summed E-state index contributed by atoms with van der Waals surface area (Å²) < 4.78 is 0. The summed E-state index contributed by atoms with van der Waals surface area (Å²) in [6.07, 6.45) is 0. The average molecular weight is 453 g/mol. The van der Waals surface area contributed by atoms with Crippen LogP contribution >= 0.6 is 0 Å². The summed E-state index contributed by atoms with van der Waals surface area (Å²) in [5, 5.41) is 0. The Kier molecular flexibility index (Phi) is 7.84. The fraction of sp³-hybridized carbons (Fsp3) is 0.171. The zero-order valence-corrected chi connectivity index (χ0v) is 21.0. The summed E-state index contributed by atoms with van der Waals surface area (Å²) in [7, 11) is 0. The lowest BCUT2D eigenvalue weighted by molar-refractivity contribution is 0.863. The third-order valence-corrected chi connectivity index (χ3v) is 6.20. The molecule has 0 aliphatic carbocycles. The van der Waals surface area contributed by atoms with E-state index in [1.807, 2.05) is 12.1 Å². The minimum absolute atomic E-state index is 0.407. The zero-order valence-electron chi connectivity index (χ0n) is 21.0. The Morgan fingerprint density at radius 1 is 0.457 bits per heavy atom. The maximum Gasteiger partial charge on any atom is 0.0403 e. The smallest absolute Gasteiger partial charge is 0.0403 e. The number of benzene rings is 4. The Morgan fingerprint density at radius 3 is 1.17 bits per heavy atom. The van der Waals surface area contributed by atoms with E-state index in [9.17, 15) is 0 Å². The Balaban J connectivity index is 2.06. The predicted octanol–water partition coefficient (Wildman–Crippen LogP) is 9.41. The first-order valence-electron chi connectivity index (χ1n) is 12.4. The molecule has 0 nitrogen and oxygen atoms in total. The van der Waals surface area contributed by atoms with Crippen molar-refractivity contribution in [3.63, 3.8) is 0 Å². The van der Waals surface area contributed by atoms with Crippen molar-refractivity contribution < 1.29 is 0 Å². The molecule has 0 bridgehead atoms. The van der Waals surface area contributed by atoms with Gasteiger partial charge in [0.25, 0.3) is 0 Å². The van der Waals surface area contributed by atoms with Gasteiger partial charge < -0.3 is 0 Å². The van der Waals surface area contributed by atoms with Crippen LogP contribution in [0, 0.1) is 0 Å². The lowest BCUT2D eigenvalue weighted by atomic mass is 9.89. The Morgan fingerprint density at radius 2 is 0.800 bits per heavy atom. The fourth-order valence-electron chi connectivity index (χ4n) is 4.41. The molecule has 0 radical (unpaired) electrons. The number of hydrogen-bond donors (Lipinski definition) is 0. The second kappa shape index (κ2) is 11.4. The Bertz CT molecular complexity index is 1310. The zero-order chi connectivity index (χ0) is 24.6. The molecule has 0 saturated heterocycles. The van der Waals surface area contributed by atoms with E-state index in [0.717, 1.165) is 22.3 Å². The first-order valence-corrected chi connectivity index (χ1v) is 12.4. The second-order valence-corrected chi connectivity index (χ2v) is 9.34. The standard InChI is InChI=1S/C35H32/c1-26(2)30-20-11-13-22-34(30)32(28-16-7-5-8-17-28)24-15-25-33(29-18-9-6-10-19-29)35-23-14-12-21-31(35)27(3)4/h5-14,16-23,26-27H,1-4H3. The molecule has 0 aliphatic rings. The third-order valence-electron chi connectivity index (χ3n) is 6.20. The molecular formula is C35H32. The van der Waals surface area contributed by atoms with Gasteiger partial charge in [-0.15, -0.1) is 0 Å². The van der Waals surface area contributed by atoms with E-state index in [1.165, 1.54) is 22.3 Å². The van der Waals surface area contributed by atoms with Gasteiger partial charge in [-0.2, -0.15) is 0 Å². The molecule has 0 amide bonds. The van der Waals surface area contributed by atoms with Gasteiger partial charge in [-0.05, 0) is 50.9 Å². The van der Waals surface area contributed by atoms with Crippen LogP contribution in [0.15, 0.2) is 126 Å². The van der Waals surface area contributed by atoms with Crippen molar-refractivity contribution >= 4 is 11.1 Å². The highest BCUT2D eigenvalue weighted by molar-refractivity contribution is 5.83. The highest BCUT2D eigenvalue weighted by Gasteiger charge is 2.13. The number of rotatable bonds is 6. The van der Waals surface area contributed by atoms with E-state index in [2.05, 4.69) is 142 Å². The van der Waals surface area contributed by atoms with Gasteiger partial charge in [0, 0.05) is 11.1 Å². The molecule has 0 heterocycles. The molecule has 0 heteroatoms. The Hall–Kier alpha value is -4.04. The van der Waals surface area contributed by atoms with Crippen LogP contribution < -0.4 is 0 Å². The predicted molar refractivity (Wildman–Crippen MR) is 150 cm³/mol. The van der Waals surface area contributed by atoms with Gasteiger partial charge in [0.05, 0.1) is 0 Å². The van der Waals surface area contributed by atoms with Crippen LogP contribution in [-0.4, -0.2) is 0 Å². The summed E-state index contributed by atoms with van der Waals surface area (Å²) in [5.41, 5.74) is 19.6. The molecule has 0 fully saturated rings. The van der Waals surface area contributed by atoms with E-state index >= 15 is 0 Å². The normalized spacial score (nSPS) is 10.5. The lowest BCUT2D eigenvalue weighted by Crippen LogP contribution is -1.96. The summed E-state index contributed by atoms with van der Waals surface area (Å²) in [6.45, 7) is 8.93. The molecule has 0 N–H and O–H groups in total. The summed E-state index contributed by atoms with van der Waals surface area (Å²) in [5.74, 6) is 0.813. The van der Waals surface area contributed by atoms with Gasteiger partial charge in [0.1, 0.15) is 0 Å². The van der Waals surface area contributed by atoms with Gasteiger partial charge in [0.15, 0.2) is 0 Å². The van der Waals surface area contributed by atoms with Crippen LogP contribution in [0.4, 0.5) is 0 Å². The first-order chi connectivity index (χ1) is 17.1. The van der Waals surface area contributed by atoms with Crippen molar-refractivity contribution in [1.82, 2.24) is 0 Å². The molecule has 4 aromatic carbocycles. The molecule has 0 unspecified atom stereocenters. The first kappa shape index (κ1) is 24.1. The molecule has 172 valence electrons. The maximum absolute atomic E-state index is 3.50. The van der Waals surface area contributed by atoms with E-state index in [-0.39, 0.29) is 0 Å². The van der Waals surface area contributed by atoms with Crippen LogP contribution in [0.5, 0.6) is 0 Å². The van der Waals surface area contributed by atoms with Gasteiger partial charge in [-0.25, -0.2) is 0 Å².